The Hall–Kier alpha value is -2.71. The number of carbonyl (C=O) groups is 1. The van der Waals surface area contributed by atoms with E-state index in [1.807, 2.05) is 36.4 Å². The van der Waals surface area contributed by atoms with E-state index in [-0.39, 0.29) is 18.8 Å². The third kappa shape index (κ3) is 4.14. The van der Waals surface area contributed by atoms with Crippen molar-refractivity contribution in [3.8, 4) is 11.8 Å². The fourth-order valence-electron chi connectivity index (χ4n) is 2.03. The van der Waals surface area contributed by atoms with Gasteiger partial charge in [-0.05, 0) is 5.56 Å². The fraction of sp³-hybridized carbons (Fsp3) is 0.235. The van der Waals surface area contributed by atoms with E-state index in [1.54, 1.807) is 0 Å². The molecule has 0 bridgehead atoms. The minimum Gasteiger partial charge on any atom is -0.495 e. The van der Waals surface area contributed by atoms with Gasteiger partial charge in [-0.2, -0.15) is 5.26 Å². The maximum atomic E-state index is 12.0. The molecule has 0 spiro atoms. The minimum atomic E-state index is -0.114. The summed E-state index contributed by atoms with van der Waals surface area (Å²) in [6, 6.07) is 11.7. The Morgan fingerprint density at radius 3 is 2.73 bits per heavy atom. The SMILES string of the molecule is COc1cncc(C#N)c1CC(=O)COCc1ccccc1. The number of pyridine rings is 1. The molecule has 0 aliphatic heterocycles. The zero-order chi connectivity index (χ0) is 15.8. The van der Waals surface area contributed by atoms with E-state index in [2.05, 4.69) is 4.98 Å². The molecule has 0 saturated heterocycles. The van der Waals surface area contributed by atoms with Gasteiger partial charge in [-0.3, -0.25) is 9.78 Å². The lowest BCUT2D eigenvalue weighted by Crippen LogP contribution is -2.13. The van der Waals surface area contributed by atoms with Crippen molar-refractivity contribution in [2.75, 3.05) is 13.7 Å². The molecule has 112 valence electrons. The number of benzene rings is 1. The van der Waals surface area contributed by atoms with Crippen molar-refractivity contribution in [2.45, 2.75) is 13.0 Å². The summed E-state index contributed by atoms with van der Waals surface area (Å²) in [4.78, 5) is 15.9. The first kappa shape index (κ1) is 15.7. The molecular weight excluding hydrogens is 280 g/mol. The first-order chi connectivity index (χ1) is 10.7. The van der Waals surface area contributed by atoms with Gasteiger partial charge in [0, 0.05) is 18.2 Å². The summed E-state index contributed by atoms with van der Waals surface area (Å²) in [5.41, 5.74) is 1.90. The average molecular weight is 296 g/mol. The Kier molecular flexibility index (Phi) is 5.64. The number of ether oxygens (including phenoxy) is 2. The normalized spacial score (nSPS) is 10.0. The van der Waals surface area contributed by atoms with E-state index in [1.165, 1.54) is 19.5 Å². The molecule has 0 atom stereocenters. The largest absolute Gasteiger partial charge is 0.495 e. The molecule has 0 fully saturated rings. The van der Waals surface area contributed by atoms with Gasteiger partial charge in [-0.1, -0.05) is 30.3 Å². The first-order valence-electron chi connectivity index (χ1n) is 6.79. The number of nitriles is 1. The van der Waals surface area contributed by atoms with Crippen LogP contribution < -0.4 is 4.74 Å². The molecule has 5 nitrogen and oxygen atoms in total. The van der Waals surface area contributed by atoms with Crippen LogP contribution in [-0.4, -0.2) is 24.5 Å². The van der Waals surface area contributed by atoms with E-state index in [0.29, 0.717) is 23.5 Å². The van der Waals surface area contributed by atoms with Crippen molar-refractivity contribution >= 4 is 5.78 Å². The highest BCUT2D eigenvalue weighted by Crippen LogP contribution is 2.21. The summed E-state index contributed by atoms with van der Waals surface area (Å²) in [5.74, 6) is 0.326. The summed E-state index contributed by atoms with van der Waals surface area (Å²) in [5, 5.41) is 9.09. The van der Waals surface area contributed by atoms with E-state index in [9.17, 15) is 4.79 Å². The van der Waals surface area contributed by atoms with Gasteiger partial charge in [-0.15, -0.1) is 0 Å². The van der Waals surface area contributed by atoms with Crippen molar-refractivity contribution < 1.29 is 14.3 Å². The van der Waals surface area contributed by atoms with Crippen molar-refractivity contribution in [1.82, 2.24) is 4.98 Å². The Bertz CT molecular complexity index is 678. The maximum Gasteiger partial charge on any atom is 0.163 e. The van der Waals surface area contributed by atoms with Gasteiger partial charge in [0.15, 0.2) is 5.78 Å². The highest BCUT2D eigenvalue weighted by atomic mass is 16.5. The van der Waals surface area contributed by atoms with Gasteiger partial charge >= 0.3 is 0 Å². The van der Waals surface area contributed by atoms with Crippen LogP contribution in [0.5, 0.6) is 5.75 Å². The van der Waals surface area contributed by atoms with Crippen LogP contribution in [0.4, 0.5) is 0 Å². The molecule has 0 aliphatic rings. The smallest absolute Gasteiger partial charge is 0.163 e. The number of carbonyl (C=O) groups excluding carboxylic acids is 1. The van der Waals surface area contributed by atoms with Gasteiger partial charge in [0.1, 0.15) is 18.4 Å². The molecule has 5 heteroatoms. The van der Waals surface area contributed by atoms with E-state index in [4.69, 9.17) is 14.7 Å². The van der Waals surface area contributed by atoms with E-state index in [0.717, 1.165) is 5.56 Å². The van der Waals surface area contributed by atoms with Crippen molar-refractivity contribution in [3.05, 3.63) is 59.4 Å². The number of aromatic nitrogens is 1. The second-order valence-electron chi connectivity index (χ2n) is 4.67. The zero-order valence-corrected chi connectivity index (χ0v) is 12.3. The van der Waals surface area contributed by atoms with Crippen LogP contribution in [0.25, 0.3) is 0 Å². The van der Waals surface area contributed by atoms with Crippen LogP contribution >= 0.6 is 0 Å². The van der Waals surface area contributed by atoms with Crippen molar-refractivity contribution in [3.63, 3.8) is 0 Å². The highest BCUT2D eigenvalue weighted by Gasteiger charge is 2.14. The van der Waals surface area contributed by atoms with E-state index < -0.39 is 0 Å². The summed E-state index contributed by atoms with van der Waals surface area (Å²) in [7, 11) is 1.48. The van der Waals surface area contributed by atoms with Crippen LogP contribution in [0.2, 0.25) is 0 Å². The van der Waals surface area contributed by atoms with Gasteiger partial charge < -0.3 is 9.47 Å². The summed E-state index contributed by atoms with van der Waals surface area (Å²) < 4.78 is 10.6. The summed E-state index contributed by atoms with van der Waals surface area (Å²) >= 11 is 0. The van der Waals surface area contributed by atoms with Crippen molar-refractivity contribution in [1.29, 1.82) is 5.26 Å². The predicted octanol–water partition coefficient (Wildman–Crippen LogP) is 2.29. The molecule has 1 aromatic heterocycles. The molecule has 0 N–H and O–H groups in total. The second kappa shape index (κ2) is 7.91. The highest BCUT2D eigenvalue weighted by molar-refractivity contribution is 5.83. The zero-order valence-electron chi connectivity index (χ0n) is 12.3. The van der Waals surface area contributed by atoms with Crippen LogP contribution in [0.1, 0.15) is 16.7 Å². The van der Waals surface area contributed by atoms with Gasteiger partial charge in [0.25, 0.3) is 0 Å². The molecule has 0 radical (unpaired) electrons. The number of ketones is 1. The number of hydrogen-bond donors (Lipinski definition) is 0. The number of methoxy groups -OCH3 is 1. The van der Waals surface area contributed by atoms with Crippen LogP contribution in [0, 0.1) is 11.3 Å². The standard InChI is InChI=1S/C17H16N2O3/c1-21-17-10-19-9-14(8-18)16(17)7-15(20)12-22-11-13-5-3-2-4-6-13/h2-6,9-10H,7,11-12H2,1H3. The topological polar surface area (TPSA) is 72.2 Å². The van der Waals surface area contributed by atoms with Crippen molar-refractivity contribution in [2.24, 2.45) is 0 Å². The van der Waals surface area contributed by atoms with Crippen LogP contribution in [-0.2, 0) is 22.6 Å². The first-order valence-corrected chi connectivity index (χ1v) is 6.79. The molecule has 1 heterocycles. The molecule has 1 aromatic carbocycles. The molecule has 0 saturated carbocycles. The number of hydrogen-bond acceptors (Lipinski definition) is 5. The maximum absolute atomic E-state index is 12.0. The molecule has 2 aromatic rings. The Morgan fingerprint density at radius 1 is 1.27 bits per heavy atom. The van der Waals surface area contributed by atoms with E-state index >= 15 is 0 Å². The van der Waals surface area contributed by atoms with Crippen LogP contribution in [0.3, 0.4) is 0 Å². The lowest BCUT2D eigenvalue weighted by atomic mass is 10.0. The fourth-order valence-corrected chi connectivity index (χ4v) is 2.03. The van der Waals surface area contributed by atoms with Gasteiger partial charge in [0.2, 0.25) is 0 Å². The number of rotatable bonds is 7. The average Bonchev–Trinajstić information content (AvgIpc) is 2.56. The molecule has 2 rings (SSSR count). The third-order valence-corrected chi connectivity index (χ3v) is 3.11. The number of Topliss-reactive ketones (excluding diaryl/α,β-unsaturated/α-hetero) is 1. The lowest BCUT2D eigenvalue weighted by Gasteiger charge is -2.09. The third-order valence-electron chi connectivity index (χ3n) is 3.11. The molecule has 0 aliphatic carbocycles. The quantitative estimate of drug-likeness (QED) is 0.784. The van der Waals surface area contributed by atoms with Gasteiger partial charge in [0.05, 0.1) is 25.5 Å². The monoisotopic (exact) mass is 296 g/mol. The molecule has 0 unspecified atom stereocenters. The lowest BCUT2D eigenvalue weighted by molar-refractivity contribution is -0.123. The Balaban J connectivity index is 1.94. The minimum absolute atomic E-state index is 0.00869. The summed E-state index contributed by atoms with van der Waals surface area (Å²) in [6.45, 7) is 0.371. The molecule has 0 amide bonds. The van der Waals surface area contributed by atoms with Gasteiger partial charge in [-0.25, -0.2) is 0 Å². The van der Waals surface area contributed by atoms with Crippen LogP contribution in [0.15, 0.2) is 42.7 Å². The second-order valence-corrected chi connectivity index (χ2v) is 4.67. The molecule has 22 heavy (non-hydrogen) atoms. The number of nitrogens with zero attached hydrogens (tertiary/aromatic N) is 2. The Labute approximate surface area is 129 Å². The predicted molar refractivity (Wildman–Crippen MR) is 80.3 cm³/mol. The summed E-state index contributed by atoms with van der Waals surface area (Å²) in [6.07, 6.45) is 3.01. The Morgan fingerprint density at radius 2 is 2.05 bits per heavy atom. The molecular formula is C17H16N2O3.